The van der Waals surface area contributed by atoms with Crippen molar-refractivity contribution in [2.24, 2.45) is 5.92 Å². The maximum atomic E-state index is 12.0. The van der Waals surface area contributed by atoms with Crippen LogP contribution in [-0.4, -0.2) is 42.8 Å². The minimum atomic E-state index is -0.771. The topological polar surface area (TPSA) is 96.9 Å². The van der Waals surface area contributed by atoms with E-state index in [2.05, 4.69) is 10.6 Å². The van der Waals surface area contributed by atoms with Crippen LogP contribution in [0.25, 0.3) is 0 Å². The number of ether oxygens (including phenoxy) is 2. The highest BCUT2D eigenvalue weighted by Gasteiger charge is 2.23. The predicted molar refractivity (Wildman–Crippen MR) is 91.7 cm³/mol. The van der Waals surface area contributed by atoms with Gasteiger partial charge in [-0.3, -0.25) is 9.59 Å². The zero-order valence-corrected chi connectivity index (χ0v) is 14.1. The number of aliphatic hydroxyl groups excluding tert-OH is 1. The van der Waals surface area contributed by atoms with Gasteiger partial charge < -0.3 is 25.2 Å². The lowest BCUT2D eigenvalue weighted by atomic mass is 9.85. The molecule has 1 aliphatic carbocycles. The van der Waals surface area contributed by atoms with Gasteiger partial charge in [-0.05, 0) is 30.9 Å². The summed E-state index contributed by atoms with van der Waals surface area (Å²) in [5, 5.41) is 15.2. The van der Waals surface area contributed by atoms with Gasteiger partial charge in [0.15, 0.2) is 11.5 Å². The molecule has 136 valence electrons. The zero-order valence-electron chi connectivity index (χ0n) is 14.1. The molecule has 7 heteroatoms. The summed E-state index contributed by atoms with van der Waals surface area (Å²) in [5.41, 5.74) is 0.456. The van der Waals surface area contributed by atoms with Crippen LogP contribution in [0.3, 0.4) is 0 Å². The van der Waals surface area contributed by atoms with Crippen molar-refractivity contribution in [3.8, 4) is 11.5 Å². The molecule has 7 nitrogen and oxygen atoms in total. The lowest BCUT2D eigenvalue weighted by molar-refractivity contribution is -0.136. The van der Waals surface area contributed by atoms with E-state index < -0.39 is 17.9 Å². The smallest absolute Gasteiger partial charge is 0.313 e. The molecule has 0 spiro atoms. The van der Waals surface area contributed by atoms with Gasteiger partial charge in [-0.25, -0.2) is 0 Å². The Morgan fingerprint density at radius 3 is 2.56 bits per heavy atom. The fraction of sp³-hybridized carbons (Fsp3) is 0.556. The van der Waals surface area contributed by atoms with Crippen molar-refractivity contribution in [3.05, 3.63) is 18.2 Å². The minimum Gasteiger partial charge on any atom is -0.486 e. The number of carbonyl (C=O) groups is 2. The largest absolute Gasteiger partial charge is 0.486 e. The van der Waals surface area contributed by atoms with Crippen molar-refractivity contribution in [2.75, 3.05) is 25.1 Å². The lowest BCUT2D eigenvalue weighted by Crippen LogP contribution is -2.42. The molecule has 1 aliphatic heterocycles. The van der Waals surface area contributed by atoms with Crippen LogP contribution in [0, 0.1) is 5.92 Å². The number of hydrogen-bond acceptors (Lipinski definition) is 5. The van der Waals surface area contributed by atoms with E-state index in [0.717, 1.165) is 25.7 Å². The molecule has 0 aromatic heterocycles. The van der Waals surface area contributed by atoms with Crippen LogP contribution < -0.4 is 20.1 Å². The first-order chi connectivity index (χ1) is 12.1. The highest BCUT2D eigenvalue weighted by molar-refractivity contribution is 6.39. The summed E-state index contributed by atoms with van der Waals surface area (Å²) in [5.74, 6) is -0.173. The molecule has 0 radical (unpaired) electrons. The van der Waals surface area contributed by atoms with Gasteiger partial charge in [0, 0.05) is 18.3 Å². The summed E-state index contributed by atoms with van der Waals surface area (Å²) in [6.45, 7) is 1.03. The van der Waals surface area contributed by atoms with E-state index >= 15 is 0 Å². The van der Waals surface area contributed by atoms with E-state index in [1.807, 2.05) is 0 Å². The standard InChI is InChI=1S/C18H24N2O5/c21-14(12-4-2-1-3-5-12)11-19-17(22)18(23)20-13-6-7-15-16(10-13)25-9-8-24-15/h6-7,10,12,14,21H,1-5,8-9,11H2,(H,19,22)(H,20,23)/t14-/m1/s1. The first-order valence-electron chi connectivity index (χ1n) is 8.80. The Balaban J connectivity index is 1.48. The van der Waals surface area contributed by atoms with E-state index in [1.54, 1.807) is 18.2 Å². The quantitative estimate of drug-likeness (QED) is 0.716. The number of fused-ring (bicyclic) bond motifs is 1. The highest BCUT2D eigenvalue weighted by Crippen LogP contribution is 2.32. The van der Waals surface area contributed by atoms with E-state index in [1.165, 1.54) is 6.42 Å². The maximum absolute atomic E-state index is 12.0. The second-order valence-electron chi connectivity index (χ2n) is 6.49. The van der Waals surface area contributed by atoms with Crippen LogP contribution >= 0.6 is 0 Å². The Bertz CT molecular complexity index is 628. The Kier molecular flexibility index (Phi) is 5.75. The molecule has 0 saturated heterocycles. The Morgan fingerprint density at radius 2 is 1.80 bits per heavy atom. The first kappa shape index (κ1) is 17.5. The summed E-state index contributed by atoms with van der Waals surface area (Å²) in [4.78, 5) is 23.9. The molecule has 0 unspecified atom stereocenters. The SMILES string of the molecule is O=C(NC[C@@H](O)C1CCCCC1)C(=O)Nc1ccc2c(c1)OCCO2. The van der Waals surface area contributed by atoms with E-state index in [9.17, 15) is 14.7 Å². The molecule has 1 fully saturated rings. The molecule has 1 saturated carbocycles. The average Bonchev–Trinajstić information content (AvgIpc) is 2.66. The number of rotatable bonds is 4. The minimum absolute atomic E-state index is 0.0953. The van der Waals surface area contributed by atoms with E-state index in [0.29, 0.717) is 30.4 Å². The molecular formula is C18H24N2O5. The lowest BCUT2D eigenvalue weighted by Gasteiger charge is -2.26. The third kappa shape index (κ3) is 4.63. The van der Waals surface area contributed by atoms with Crippen LogP contribution in [0.4, 0.5) is 5.69 Å². The van der Waals surface area contributed by atoms with Crippen molar-refractivity contribution < 1.29 is 24.2 Å². The molecule has 2 amide bonds. The Labute approximate surface area is 146 Å². The zero-order chi connectivity index (χ0) is 17.6. The molecule has 25 heavy (non-hydrogen) atoms. The van der Waals surface area contributed by atoms with Gasteiger partial charge in [-0.15, -0.1) is 0 Å². The van der Waals surface area contributed by atoms with Gasteiger partial charge in [0.2, 0.25) is 0 Å². The van der Waals surface area contributed by atoms with Crippen molar-refractivity contribution >= 4 is 17.5 Å². The monoisotopic (exact) mass is 348 g/mol. The number of amides is 2. The number of nitrogens with one attached hydrogen (secondary N) is 2. The molecule has 2 aliphatic rings. The van der Waals surface area contributed by atoms with Crippen LogP contribution in [0.1, 0.15) is 32.1 Å². The molecule has 1 atom stereocenters. The molecule has 1 heterocycles. The molecule has 3 N–H and O–H groups in total. The fourth-order valence-electron chi connectivity index (χ4n) is 3.27. The normalized spacial score (nSPS) is 18.3. The number of aliphatic hydroxyl groups is 1. The third-order valence-corrected chi connectivity index (χ3v) is 4.67. The van der Waals surface area contributed by atoms with Gasteiger partial charge in [0.1, 0.15) is 13.2 Å². The maximum Gasteiger partial charge on any atom is 0.313 e. The number of hydrogen-bond donors (Lipinski definition) is 3. The number of carbonyl (C=O) groups excluding carboxylic acids is 2. The molecule has 0 bridgehead atoms. The van der Waals surface area contributed by atoms with Gasteiger partial charge in [-0.2, -0.15) is 0 Å². The van der Waals surface area contributed by atoms with Crippen molar-refractivity contribution in [1.82, 2.24) is 5.32 Å². The van der Waals surface area contributed by atoms with Crippen LogP contribution in [0.5, 0.6) is 11.5 Å². The van der Waals surface area contributed by atoms with Crippen LogP contribution in [0.15, 0.2) is 18.2 Å². The van der Waals surface area contributed by atoms with Crippen LogP contribution in [0.2, 0.25) is 0 Å². The molecule has 1 aromatic rings. The van der Waals surface area contributed by atoms with Gasteiger partial charge in [-0.1, -0.05) is 19.3 Å². The number of anilines is 1. The van der Waals surface area contributed by atoms with Gasteiger partial charge in [0.25, 0.3) is 0 Å². The average molecular weight is 348 g/mol. The summed E-state index contributed by atoms with van der Waals surface area (Å²) < 4.78 is 10.9. The summed E-state index contributed by atoms with van der Waals surface area (Å²) in [7, 11) is 0. The summed E-state index contributed by atoms with van der Waals surface area (Å²) in [6, 6.07) is 4.96. The molecule has 3 rings (SSSR count). The van der Waals surface area contributed by atoms with Gasteiger partial charge in [0.05, 0.1) is 6.10 Å². The summed E-state index contributed by atoms with van der Waals surface area (Å²) in [6.07, 6.45) is 4.76. The van der Waals surface area contributed by atoms with E-state index in [-0.39, 0.29) is 12.5 Å². The first-order valence-corrected chi connectivity index (χ1v) is 8.80. The second-order valence-corrected chi connectivity index (χ2v) is 6.49. The van der Waals surface area contributed by atoms with Crippen molar-refractivity contribution in [3.63, 3.8) is 0 Å². The molecular weight excluding hydrogens is 324 g/mol. The second kappa shape index (κ2) is 8.20. The fourth-order valence-corrected chi connectivity index (χ4v) is 3.27. The Hall–Kier alpha value is -2.28. The highest BCUT2D eigenvalue weighted by atomic mass is 16.6. The third-order valence-electron chi connectivity index (χ3n) is 4.67. The van der Waals surface area contributed by atoms with Gasteiger partial charge >= 0.3 is 11.8 Å². The van der Waals surface area contributed by atoms with E-state index in [4.69, 9.17) is 9.47 Å². The summed E-state index contributed by atoms with van der Waals surface area (Å²) >= 11 is 0. The number of benzene rings is 1. The van der Waals surface area contributed by atoms with Crippen molar-refractivity contribution in [2.45, 2.75) is 38.2 Å². The molecule has 1 aromatic carbocycles. The van der Waals surface area contributed by atoms with Crippen LogP contribution in [-0.2, 0) is 9.59 Å². The van der Waals surface area contributed by atoms with Crippen molar-refractivity contribution in [1.29, 1.82) is 0 Å². The Morgan fingerprint density at radius 1 is 1.08 bits per heavy atom. The predicted octanol–water partition coefficient (Wildman–Crippen LogP) is 1.45.